The van der Waals surface area contributed by atoms with Gasteiger partial charge >= 0.3 is 0 Å². The number of aliphatic hydroxyl groups excluding tert-OH is 1. The van der Waals surface area contributed by atoms with Crippen LogP contribution in [0.25, 0.3) is 0 Å². The molecule has 2 N–H and O–H groups in total. The highest BCUT2D eigenvalue weighted by molar-refractivity contribution is 4.86. The summed E-state index contributed by atoms with van der Waals surface area (Å²) in [5, 5.41) is 13.1. The van der Waals surface area contributed by atoms with Crippen molar-refractivity contribution >= 4 is 0 Å². The Labute approximate surface area is 118 Å². The average molecular weight is 272 g/mol. The average Bonchev–Trinajstić information content (AvgIpc) is 2.37. The molecule has 1 aliphatic rings. The maximum absolute atomic E-state index is 9.59. The first kappa shape index (κ1) is 16.9. The van der Waals surface area contributed by atoms with Crippen molar-refractivity contribution in [1.82, 2.24) is 10.2 Å². The molecule has 1 heterocycles. The van der Waals surface area contributed by atoms with Gasteiger partial charge in [-0.2, -0.15) is 0 Å². The van der Waals surface area contributed by atoms with E-state index >= 15 is 0 Å². The zero-order valence-electron chi connectivity index (χ0n) is 13.1. The van der Waals surface area contributed by atoms with Crippen molar-refractivity contribution < 1.29 is 9.84 Å². The monoisotopic (exact) mass is 272 g/mol. The van der Waals surface area contributed by atoms with Crippen LogP contribution < -0.4 is 5.32 Å². The lowest BCUT2D eigenvalue weighted by atomic mass is 9.96. The van der Waals surface area contributed by atoms with Gasteiger partial charge in [0.15, 0.2) is 0 Å². The molecule has 0 bridgehead atoms. The lowest BCUT2D eigenvalue weighted by Crippen LogP contribution is -2.51. The smallest absolute Gasteiger partial charge is 0.0702 e. The van der Waals surface area contributed by atoms with E-state index in [0.717, 1.165) is 32.7 Å². The number of rotatable bonds is 8. The fraction of sp³-hybridized carbons (Fsp3) is 1.00. The maximum Gasteiger partial charge on any atom is 0.0702 e. The summed E-state index contributed by atoms with van der Waals surface area (Å²) in [6.45, 7) is 12.6. The molecule has 0 aromatic carbocycles. The summed E-state index contributed by atoms with van der Waals surface area (Å²) in [4.78, 5) is 2.47. The molecule has 0 aromatic heterocycles. The Morgan fingerprint density at radius 2 is 2.21 bits per heavy atom. The van der Waals surface area contributed by atoms with Crippen molar-refractivity contribution in [1.29, 1.82) is 0 Å². The Morgan fingerprint density at radius 1 is 1.47 bits per heavy atom. The van der Waals surface area contributed by atoms with Crippen molar-refractivity contribution in [3.63, 3.8) is 0 Å². The fourth-order valence-corrected chi connectivity index (χ4v) is 2.89. The first-order valence-electron chi connectivity index (χ1n) is 7.71. The molecular weight excluding hydrogens is 240 g/mol. The number of ether oxygens (including phenoxy) is 1. The molecule has 0 saturated carbocycles. The number of likely N-dealkylation sites (tertiary alicyclic amines) is 1. The van der Waals surface area contributed by atoms with E-state index in [9.17, 15) is 5.11 Å². The Bertz CT molecular complexity index is 246. The summed E-state index contributed by atoms with van der Waals surface area (Å²) < 4.78 is 5.73. The molecular formula is C15H32N2O2. The summed E-state index contributed by atoms with van der Waals surface area (Å²) in [6, 6.07) is 0.398. The number of hydrogen-bond acceptors (Lipinski definition) is 4. The van der Waals surface area contributed by atoms with Gasteiger partial charge in [0.1, 0.15) is 0 Å². The van der Waals surface area contributed by atoms with Crippen LogP contribution in [0.1, 0.15) is 47.0 Å². The molecule has 114 valence electrons. The van der Waals surface area contributed by atoms with E-state index in [1.807, 2.05) is 0 Å². The van der Waals surface area contributed by atoms with Gasteiger partial charge in [-0.1, -0.05) is 13.8 Å². The maximum atomic E-state index is 9.59. The quantitative estimate of drug-likeness (QED) is 0.705. The normalized spacial score (nSPS) is 24.6. The predicted octanol–water partition coefficient (Wildman–Crippen LogP) is 1.63. The predicted molar refractivity (Wildman–Crippen MR) is 79.5 cm³/mol. The number of nitrogens with one attached hydrogen (secondary N) is 1. The van der Waals surface area contributed by atoms with Gasteiger partial charge in [-0.25, -0.2) is 0 Å². The zero-order chi connectivity index (χ0) is 14.3. The Balaban J connectivity index is 2.37. The minimum absolute atomic E-state index is 0.174. The minimum atomic E-state index is -0.174. The summed E-state index contributed by atoms with van der Waals surface area (Å²) >= 11 is 0. The fourth-order valence-electron chi connectivity index (χ4n) is 2.89. The molecule has 1 saturated heterocycles. The van der Waals surface area contributed by atoms with Crippen LogP contribution in [-0.4, -0.2) is 60.5 Å². The van der Waals surface area contributed by atoms with E-state index in [1.165, 1.54) is 12.8 Å². The summed E-state index contributed by atoms with van der Waals surface area (Å²) in [7, 11) is 0. The van der Waals surface area contributed by atoms with Gasteiger partial charge in [-0.3, -0.25) is 0 Å². The molecule has 4 heteroatoms. The third-order valence-corrected chi connectivity index (χ3v) is 3.83. The van der Waals surface area contributed by atoms with Gasteiger partial charge < -0.3 is 20.1 Å². The molecule has 4 nitrogen and oxygen atoms in total. The van der Waals surface area contributed by atoms with Crippen molar-refractivity contribution in [2.75, 3.05) is 32.8 Å². The molecule has 1 fully saturated rings. The van der Waals surface area contributed by atoms with E-state index in [1.54, 1.807) is 0 Å². The highest BCUT2D eigenvalue weighted by Crippen LogP contribution is 2.16. The second-order valence-electron chi connectivity index (χ2n) is 6.29. The Morgan fingerprint density at radius 3 is 2.79 bits per heavy atom. The van der Waals surface area contributed by atoms with Gasteiger partial charge in [-0.15, -0.1) is 0 Å². The molecule has 0 aromatic rings. The highest BCUT2D eigenvalue weighted by Gasteiger charge is 2.26. The Kier molecular flexibility index (Phi) is 7.29. The lowest BCUT2D eigenvalue weighted by Gasteiger charge is -2.37. The second-order valence-corrected chi connectivity index (χ2v) is 6.29. The highest BCUT2D eigenvalue weighted by atomic mass is 16.5. The van der Waals surface area contributed by atoms with Crippen LogP contribution >= 0.6 is 0 Å². The van der Waals surface area contributed by atoms with E-state index in [2.05, 4.69) is 37.9 Å². The topological polar surface area (TPSA) is 44.7 Å². The molecule has 0 radical (unpaired) electrons. The summed E-state index contributed by atoms with van der Waals surface area (Å²) in [5.41, 5.74) is -0.174. The van der Waals surface area contributed by atoms with Crippen molar-refractivity contribution in [3.8, 4) is 0 Å². The van der Waals surface area contributed by atoms with E-state index in [0.29, 0.717) is 12.1 Å². The summed E-state index contributed by atoms with van der Waals surface area (Å²) in [5.74, 6) is 0. The number of piperidine rings is 1. The first-order valence-corrected chi connectivity index (χ1v) is 7.71. The zero-order valence-corrected chi connectivity index (χ0v) is 13.1. The van der Waals surface area contributed by atoms with Crippen molar-refractivity contribution in [2.45, 2.75) is 64.6 Å². The first-order chi connectivity index (χ1) is 8.99. The lowest BCUT2D eigenvalue weighted by molar-refractivity contribution is 0.00247. The van der Waals surface area contributed by atoms with Crippen LogP contribution in [0.5, 0.6) is 0 Å². The molecule has 1 aliphatic heterocycles. The van der Waals surface area contributed by atoms with Crippen molar-refractivity contribution in [3.05, 3.63) is 0 Å². The van der Waals surface area contributed by atoms with Crippen LogP contribution in [0.3, 0.4) is 0 Å². The van der Waals surface area contributed by atoms with E-state index < -0.39 is 0 Å². The molecule has 0 aliphatic carbocycles. The van der Waals surface area contributed by atoms with Gasteiger partial charge in [0, 0.05) is 31.3 Å². The van der Waals surface area contributed by atoms with Gasteiger partial charge in [0.25, 0.3) is 0 Å². The third-order valence-electron chi connectivity index (χ3n) is 3.83. The molecule has 1 rings (SSSR count). The second kappa shape index (κ2) is 8.20. The molecule has 2 unspecified atom stereocenters. The van der Waals surface area contributed by atoms with Crippen LogP contribution in [0.15, 0.2) is 0 Å². The molecule has 0 spiro atoms. The van der Waals surface area contributed by atoms with Gasteiger partial charge in [0.05, 0.1) is 12.7 Å². The van der Waals surface area contributed by atoms with Crippen LogP contribution in [0, 0.1) is 0 Å². The van der Waals surface area contributed by atoms with Crippen LogP contribution in [-0.2, 0) is 4.74 Å². The molecule has 0 amide bonds. The largest absolute Gasteiger partial charge is 0.394 e. The summed E-state index contributed by atoms with van der Waals surface area (Å²) in [6.07, 6.45) is 3.78. The number of aliphatic hydroxyl groups is 1. The van der Waals surface area contributed by atoms with Gasteiger partial charge in [-0.05, 0) is 39.7 Å². The minimum Gasteiger partial charge on any atom is -0.394 e. The number of nitrogens with zero attached hydrogens (tertiary/aromatic N) is 1. The van der Waals surface area contributed by atoms with Gasteiger partial charge in [0.2, 0.25) is 0 Å². The Hall–Kier alpha value is -0.160. The SMILES string of the molecule is CCOC1CCCN(CCC(C)(CO)NC(C)C)C1. The van der Waals surface area contributed by atoms with E-state index in [4.69, 9.17) is 4.74 Å². The van der Waals surface area contributed by atoms with E-state index in [-0.39, 0.29) is 12.1 Å². The standard InChI is InChI=1S/C15H32N2O2/c1-5-19-14-7-6-9-17(11-14)10-8-15(4,12-18)16-13(2)3/h13-14,16,18H,5-12H2,1-4H3. The van der Waals surface area contributed by atoms with Crippen LogP contribution in [0.2, 0.25) is 0 Å². The molecule has 19 heavy (non-hydrogen) atoms. The molecule has 2 atom stereocenters. The third kappa shape index (κ3) is 6.21. The number of hydrogen-bond donors (Lipinski definition) is 2. The van der Waals surface area contributed by atoms with Crippen molar-refractivity contribution in [2.24, 2.45) is 0 Å². The van der Waals surface area contributed by atoms with Crippen LogP contribution in [0.4, 0.5) is 0 Å².